The third-order valence-electron chi connectivity index (χ3n) is 9.31. The van der Waals surface area contributed by atoms with Gasteiger partial charge in [0.1, 0.15) is 11.2 Å². The van der Waals surface area contributed by atoms with Crippen LogP contribution in [0.2, 0.25) is 10.0 Å². The molecule has 0 bridgehead atoms. The van der Waals surface area contributed by atoms with E-state index < -0.39 is 0 Å². The van der Waals surface area contributed by atoms with E-state index in [1.54, 1.807) is 19.5 Å². The molecule has 4 N–H and O–H groups in total. The normalized spacial score (nSPS) is 18.9. The van der Waals surface area contributed by atoms with Crippen LogP contribution in [0.4, 0.5) is 0 Å². The van der Waals surface area contributed by atoms with Crippen LogP contribution in [-0.4, -0.2) is 67.9 Å². The Morgan fingerprint density at radius 1 is 0.939 bits per heavy atom. The summed E-state index contributed by atoms with van der Waals surface area (Å²) < 4.78 is 7.58. The van der Waals surface area contributed by atoms with Gasteiger partial charge in [-0.2, -0.15) is 0 Å². The number of carbonyl (C=O) groups excluding carboxylic acids is 1. The number of rotatable bonds is 12. The number of hydrogen-bond acceptors (Lipinski definition) is 9. The molecular formula is C36H38Cl2N8O3. The van der Waals surface area contributed by atoms with Crippen molar-refractivity contribution in [1.29, 1.82) is 0 Å². The number of amides is 1. The van der Waals surface area contributed by atoms with E-state index in [0.717, 1.165) is 59.2 Å². The molecule has 49 heavy (non-hydrogen) atoms. The van der Waals surface area contributed by atoms with Crippen LogP contribution in [0.25, 0.3) is 44.8 Å². The number of aliphatic hydroxyl groups is 1. The van der Waals surface area contributed by atoms with Gasteiger partial charge in [0.2, 0.25) is 11.8 Å². The first-order valence-corrected chi connectivity index (χ1v) is 17.2. The lowest BCUT2D eigenvalue weighted by Gasteiger charge is -2.31. The summed E-state index contributed by atoms with van der Waals surface area (Å²) in [5.41, 5.74) is 7.51. The van der Waals surface area contributed by atoms with Gasteiger partial charge in [0, 0.05) is 73.2 Å². The Bertz CT molecular complexity index is 2010. The molecule has 2 fully saturated rings. The molecule has 0 radical (unpaired) electrons. The molecule has 1 unspecified atom stereocenters. The van der Waals surface area contributed by atoms with Gasteiger partial charge in [-0.15, -0.1) is 0 Å². The maximum absolute atomic E-state index is 11.5. The van der Waals surface area contributed by atoms with E-state index >= 15 is 0 Å². The fourth-order valence-electron chi connectivity index (χ4n) is 6.63. The Kier molecular flexibility index (Phi) is 9.80. The van der Waals surface area contributed by atoms with E-state index in [0.29, 0.717) is 70.5 Å². The number of aliphatic hydroxyl groups excluding tert-OH is 1. The monoisotopic (exact) mass is 700 g/mol. The molecule has 13 heteroatoms. The Morgan fingerprint density at radius 3 is 2.24 bits per heavy atom. The largest absolute Gasteiger partial charge is 0.480 e. The average molecular weight is 702 g/mol. The number of aromatic nitrogens is 5. The van der Waals surface area contributed by atoms with Crippen LogP contribution in [-0.2, 0) is 24.9 Å². The van der Waals surface area contributed by atoms with Crippen LogP contribution in [0, 0.1) is 5.92 Å². The van der Waals surface area contributed by atoms with Crippen molar-refractivity contribution in [2.75, 3.05) is 20.2 Å². The molecule has 1 atom stereocenters. The summed E-state index contributed by atoms with van der Waals surface area (Å²) in [5.74, 6) is 1.01. The van der Waals surface area contributed by atoms with Crippen LogP contribution < -0.4 is 20.7 Å². The number of aryl methyl sites for hydroxylation is 1. The number of hydrogen-bond donors (Lipinski definition) is 4. The summed E-state index contributed by atoms with van der Waals surface area (Å²) in [6.45, 7) is 2.64. The van der Waals surface area contributed by atoms with Gasteiger partial charge in [0.05, 0.1) is 47.0 Å². The lowest BCUT2D eigenvalue weighted by atomic mass is 9.82. The molecule has 1 aliphatic carbocycles. The van der Waals surface area contributed by atoms with Crippen LogP contribution in [0.3, 0.4) is 0 Å². The second kappa shape index (κ2) is 14.4. The molecule has 2 aliphatic rings. The minimum Gasteiger partial charge on any atom is -0.480 e. The first-order chi connectivity index (χ1) is 23.8. The number of carbonyl (C=O) groups is 1. The molecule has 4 heterocycles. The van der Waals surface area contributed by atoms with Crippen molar-refractivity contribution in [3.63, 3.8) is 0 Å². The van der Waals surface area contributed by atoms with Crippen LogP contribution in [0.5, 0.6) is 5.88 Å². The van der Waals surface area contributed by atoms with Gasteiger partial charge in [-0.25, -0.2) is 9.97 Å². The van der Waals surface area contributed by atoms with E-state index in [4.69, 9.17) is 42.9 Å². The zero-order valence-electron chi connectivity index (χ0n) is 27.3. The third-order valence-corrected chi connectivity index (χ3v) is 10.1. The second-order valence-electron chi connectivity index (χ2n) is 12.8. The van der Waals surface area contributed by atoms with Crippen molar-refractivity contribution in [2.24, 2.45) is 13.0 Å². The summed E-state index contributed by atoms with van der Waals surface area (Å²) >= 11 is 14.2. The summed E-state index contributed by atoms with van der Waals surface area (Å²) in [4.78, 5) is 30.6. The number of benzene rings is 2. The zero-order chi connectivity index (χ0) is 34.1. The highest BCUT2D eigenvalue weighted by Gasteiger charge is 2.27. The van der Waals surface area contributed by atoms with Crippen molar-refractivity contribution in [3.05, 3.63) is 76.3 Å². The lowest BCUT2D eigenvalue weighted by molar-refractivity contribution is -0.119. The van der Waals surface area contributed by atoms with Gasteiger partial charge in [-0.3, -0.25) is 14.8 Å². The van der Waals surface area contributed by atoms with Crippen LogP contribution in [0.15, 0.2) is 55.0 Å². The molecule has 1 saturated carbocycles. The molecular weight excluding hydrogens is 663 g/mol. The Morgan fingerprint density at radius 2 is 1.59 bits per heavy atom. The van der Waals surface area contributed by atoms with Gasteiger partial charge in [-0.1, -0.05) is 59.6 Å². The van der Waals surface area contributed by atoms with E-state index in [9.17, 15) is 9.90 Å². The van der Waals surface area contributed by atoms with Crippen molar-refractivity contribution < 1.29 is 14.6 Å². The molecule has 254 valence electrons. The first kappa shape index (κ1) is 33.4. The number of methoxy groups -OCH3 is 1. The molecule has 5 aromatic rings. The highest BCUT2D eigenvalue weighted by atomic mass is 35.5. The van der Waals surface area contributed by atoms with Crippen LogP contribution in [0.1, 0.15) is 36.9 Å². The molecule has 1 saturated heterocycles. The van der Waals surface area contributed by atoms with Crippen molar-refractivity contribution in [3.8, 4) is 39.5 Å². The Labute approximate surface area is 294 Å². The van der Waals surface area contributed by atoms with E-state index in [1.807, 2.05) is 48.0 Å². The lowest BCUT2D eigenvalue weighted by Crippen LogP contribution is -2.35. The highest BCUT2D eigenvalue weighted by molar-refractivity contribution is 6.39. The van der Waals surface area contributed by atoms with Gasteiger partial charge in [0.15, 0.2) is 5.65 Å². The number of nitrogens with zero attached hydrogens (tertiary/aromatic N) is 5. The van der Waals surface area contributed by atoms with Gasteiger partial charge in [-0.05, 0) is 31.7 Å². The van der Waals surface area contributed by atoms with E-state index in [1.165, 1.54) is 0 Å². The van der Waals surface area contributed by atoms with Crippen molar-refractivity contribution >= 4 is 40.3 Å². The Hall–Kier alpha value is -4.13. The number of halogens is 2. The molecule has 1 amide bonds. The number of nitrogens with one attached hydrogen (secondary N) is 3. The molecule has 3 aromatic heterocycles. The minimum absolute atomic E-state index is 0.0865. The predicted molar refractivity (Wildman–Crippen MR) is 190 cm³/mol. The topological polar surface area (TPSA) is 139 Å². The molecule has 7 rings (SSSR count). The molecule has 0 spiro atoms. The minimum atomic E-state index is -0.150. The van der Waals surface area contributed by atoms with Crippen molar-refractivity contribution in [1.82, 2.24) is 40.5 Å². The Balaban J connectivity index is 1.11. The van der Waals surface area contributed by atoms with Crippen molar-refractivity contribution in [2.45, 2.75) is 50.9 Å². The first-order valence-electron chi connectivity index (χ1n) is 16.5. The molecule has 2 aromatic carbocycles. The molecule has 1 aliphatic heterocycles. The third kappa shape index (κ3) is 6.99. The van der Waals surface area contributed by atoms with E-state index in [2.05, 4.69) is 27.1 Å². The highest BCUT2D eigenvalue weighted by Crippen LogP contribution is 2.42. The van der Waals surface area contributed by atoms with E-state index in [-0.39, 0.29) is 18.1 Å². The summed E-state index contributed by atoms with van der Waals surface area (Å²) in [6, 6.07) is 11.7. The zero-order valence-corrected chi connectivity index (χ0v) is 28.9. The second-order valence-corrected chi connectivity index (χ2v) is 13.6. The fourth-order valence-corrected chi connectivity index (χ4v) is 7.28. The quantitative estimate of drug-likeness (QED) is 0.137. The average Bonchev–Trinajstić information content (AvgIpc) is 3.65. The molecule has 11 nitrogen and oxygen atoms in total. The van der Waals surface area contributed by atoms with Gasteiger partial charge < -0.3 is 30.4 Å². The smallest absolute Gasteiger partial charge is 0.237 e. The van der Waals surface area contributed by atoms with Crippen LogP contribution >= 0.6 is 23.2 Å². The van der Waals surface area contributed by atoms with Gasteiger partial charge >= 0.3 is 0 Å². The summed E-state index contributed by atoms with van der Waals surface area (Å²) in [6.07, 6.45) is 8.45. The SMILES string of the molecule is COc1nc(-c2cccc(-c3cccc(-c4cnc5c(CNCC6CC(O)C6)cn(C)c5n4)c3Cl)c2Cl)cnc1CNCC1CCC(=O)N1. The predicted octanol–water partition coefficient (Wildman–Crippen LogP) is 5.30. The fraction of sp³-hybridized carbons (Fsp3) is 0.361. The number of fused-ring (bicyclic) bond motifs is 1. The summed E-state index contributed by atoms with van der Waals surface area (Å²) in [5, 5.41) is 20.4. The van der Waals surface area contributed by atoms with Gasteiger partial charge in [0.25, 0.3) is 0 Å². The maximum atomic E-state index is 11.5. The standard InChI is InChI=1S/C36H38Cl2N8O3/c1-46-19-21(14-39-13-20-11-23(47)12-20)34-35(46)44-28(18-42-34)26-7-3-5-24(32(26)37)25-6-4-8-27(33(25)38)29-17-41-30(36(45-29)49-2)16-40-15-22-9-10-31(48)43-22/h3-8,17-20,22-23,39-40,47H,9-16H2,1-2H3,(H,43,48). The summed E-state index contributed by atoms with van der Waals surface area (Å²) in [7, 11) is 3.53. The number of ether oxygens (including phenoxy) is 1. The maximum Gasteiger partial charge on any atom is 0.237 e.